The van der Waals surface area contributed by atoms with Gasteiger partial charge in [0.05, 0.1) is 11.4 Å². The molecule has 5 rings (SSSR count). The molecule has 0 spiro atoms. The molecule has 2 aromatic rings. The van der Waals surface area contributed by atoms with E-state index in [0.717, 1.165) is 27.9 Å². The van der Waals surface area contributed by atoms with Gasteiger partial charge in [0, 0.05) is 60.9 Å². The van der Waals surface area contributed by atoms with Gasteiger partial charge in [0.1, 0.15) is 11.6 Å². The van der Waals surface area contributed by atoms with Crippen molar-refractivity contribution in [2.24, 2.45) is 4.40 Å². The highest BCUT2D eigenvalue weighted by molar-refractivity contribution is 8.15. The molecule has 0 aliphatic carbocycles. The Labute approximate surface area is 198 Å². The quantitative estimate of drug-likeness (QED) is 0.653. The fourth-order valence-electron chi connectivity index (χ4n) is 4.18. The van der Waals surface area contributed by atoms with E-state index in [4.69, 9.17) is 4.98 Å². The number of aromatic nitrogens is 2. The van der Waals surface area contributed by atoms with Crippen LogP contribution in [0.3, 0.4) is 0 Å². The van der Waals surface area contributed by atoms with Crippen LogP contribution < -0.4 is 9.80 Å². The zero-order valence-electron chi connectivity index (χ0n) is 18.9. The number of hydrogen-bond donors (Lipinski definition) is 0. The van der Waals surface area contributed by atoms with Crippen molar-refractivity contribution < 1.29 is 13.2 Å². The lowest BCUT2D eigenvalue weighted by molar-refractivity contribution is 0.0746. The van der Waals surface area contributed by atoms with Crippen molar-refractivity contribution in [1.82, 2.24) is 14.9 Å². The van der Waals surface area contributed by atoms with Gasteiger partial charge in [0.15, 0.2) is 5.17 Å². The Hall–Kier alpha value is -2.66. The Morgan fingerprint density at radius 2 is 1.82 bits per heavy atom. The second kappa shape index (κ2) is 8.28. The predicted octanol–water partition coefficient (Wildman–Crippen LogP) is 2.48. The molecule has 3 aliphatic rings. The number of nitrogens with zero attached hydrogens (tertiary/aromatic N) is 6. The highest BCUT2D eigenvalue weighted by Gasteiger charge is 2.34. The highest BCUT2D eigenvalue weighted by Crippen LogP contribution is 2.42. The molecule has 1 aromatic heterocycles. The van der Waals surface area contributed by atoms with Crippen LogP contribution in [0.4, 0.5) is 11.5 Å². The fourth-order valence-corrected chi connectivity index (χ4v) is 6.48. The average Bonchev–Trinajstić information content (AvgIpc) is 3.13. The van der Waals surface area contributed by atoms with Crippen LogP contribution in [0, 0.1) is 6.92 Å². The van der Waals surface area contributed by atoms with Crippen LogP contribution in [0.1, 0.15) is 41.6 Å². The maximum atomic E-state index is 13.2. The Kier molecular flexibility index (Phi) is 5.56. The third-order valence-corrected chi connectivity index (χ3v) is 8.29. The number of thioether (sulfide) groups is 1. The molecular formula is C22H26N6O3S2. The molecule has 1 amide bonds. The molecule has 3 aliphatic heterocycles. The van der Waals surface area contributed by atoms with Crippen molar-refractivity contribution in [3.63, 3.8) is 0 Å². The molecule has 11 heteroatoms. The first-order valence-electron chi connectivity index (χ1n) is 11.0. The van der Waals surface area contributed by atoms with E-state index in [1.807, 2.05) is 41.0 Å². The highest BCUT2D eigenvalue weighted by atomic mass is 32.2. The number of anilines is 2. The monoisotopic (exact) mass is 486 g/mol. The minimum absolute atomic E-state index is 0.00593. The molecule has 174 valence electrons. The maximum absolute atomic E-state index is 13.2. The molecule has 0 radical (unpaired) electrons. The smallest absolute Gasteiger partial charge is 0.257 e. The number of benzene rings is 1. The van der Waals surface area contributed by atoms with Gasteiger partial charge in [0.25, 0.3) is 15.9 Å². The largest absolute Gasteiger partial charge is 0.353 e. The van der Waals surface area contributed by atoms with Crippen molar-refractivity contribution in [2.75, 3.05) is 48.3 Å². The molecule has 0 saturated carbocycles. The van der Waals surface area contributed by atoms with E-state index < -0.39 is 10.0 Å². The van der Waals surface area contributed by atoms with Crippen LogP contribution >= 0.6 is 11.8 Å². The van der Waals surface area contributed by atoms with Gasteiger partial charge in [-0.3, -0.25) is 4.79 Å². The zero-order valence-corrected chi connectivity index (χ0v) is 20.5. The lowest BCUT2D eigenvalue weighted by atomic mass is 10.1. The lowest BCUT2D eigenvalue weighted by Crippen LogP contribution is -2.49. The van der Waals surface area contributed by atoms with Crippen molar-refractivity contribution in [1.29, 1.82) is 0 Å². The van der Waals surface area contributed by atoms with Gasteiger partial charge in [-0.1, -0.05) is 13.8 Å². The van der Waals surface area contributed by atoms with Crippen molar-refractivity contribution >= 4 is 44.4 Å². The number of aryl methyl sites for hydroxylation is 1. The van der Waals surface area contributed by atoms with E-state index >= 15 is 0 Å². The molecule has 1 aromatic carbocycles. The van der Waals surface area contributed by atoms with E-state index in [-0.39, 0.29) is 17.6 Å². The summed E-state index contributed by atoms with van der Waals surface area (Å²) in [6, 6.07) is 7.57. The Bertz CT molecular complexity index is 1250. The average molecular weight is 487 g/mol. The van der Waals surface area contributed by atoms with E-state index in [1.54, 1.807) is 0 Å². The summed E-state index contributed by atoms with van der Waals surface area (Å²) in [7, 11) is -3.40. The maximum Gasteiger partial charge on any atom is 0.257 e. The van der Waals surface area contributed by atoms with Crippen LogP contribution in [-0.2, 0) is 10.0 Å². The summed E-state index contributed by atoms with van der Waals surface area (Å²) >= 11 is 1.31. The number of sulfonamides is 1. The standard InChI is InChI=1S/C22H26N6O3S2/c1-14(2)20-23-15(3)12-19(24-20)26-6-8-27(9-7-26)21(29)16-4-5-17-18(13-16)32-22-25-33(30,31)11-10-28(17)22/h4-5,12-14H,6-11H2,1-3H3. The van der Waals surface area contributed by atoms with Gasteiger partial charge >= 0.3 is 0 Å². The first-order valence-corrected chi connectivity index (χ1v) is 13.4. The number of carbonyl (C=O) groups excluding carboxylic acids is 1. The predicted molar refractivity (Wildman–Crippen MR) is 130 cm³/mol. The molecule has 33 heavy (non-hydrogen) atoms. The molecule has 0 N–H and O–H groups in total. The van der Waals surface area contributed by atoms with E-state index in [0.29, 0.717) is 43.5 Å². The molecule has 0 unspecified atom stereocenters. The molecule has 4 heterocycles. The molecule has 0 bridgehead atoms. The van der Waals surface area contributed by atoms with Gasteiger partial charge in [-0.15, -0.1) is 4.40 Å². The number of fused-ring (bicyclic) bond motifs is 3. The van der Waals surface area contributed by atoms with Crippen LogP contribution in [-0.4, -0.2) is 72.8 Å². The minimum atomic E-state index is -3.40. The summed E-state index contributed by atoms with van der Waals surface area (Å²) in [4.78, 5) is 29.3. The van der Waals surface area contributed by atoms with E-state index in [1.165, 1.54) is 11.8 Å². The number of carbonyl (C=O) groups is 1. The molecule has 9 nitrogen and oxygen atoms in total. The summed E-state index contributed by atoms with van der Waals surface area (Å²) in [6.07, 6.45) is 0. The normalized spacial score (nSPS) is 19.4. The SMILES string of the molecule is Cc1cc(N2CCN(C(=O)c3ccc4c(c3)SC3=NS(=O)(=O)CCN34)CC2)nc(C(C)C)n1. The third kappa shape index (κ3) is 4.31. The first kappa shape index (κ1) is 22.1. The number of hydrogen-bond acceptors (Lipinski definition) is 8. The molecule has 1 saturated heterocycles. The lowest BCUT2D eigenvalue weighted by Gasteiger charge is -2.35. The van der Waals surface area contributed by atoms with Crippen LogP contribution in [0.25, 0.3) is 0 Å². The number of amides is 1. The summed E-state index contributed by atoms with van der Waals surface area (Å²) in [5.74, 6) is 2.01. The van der Waals surface area contributed by atoms with Crippen molar-refractivity contribution in [2.45, 2.75) is 31.6 Å². The van der Waals surface area contributed by atoms with Crippen LogP contribution in [0.2, 0.25) is 0 Å². The fraction of sp³-hybridized carbons (Fsp3) is 0.455. The number of piperazine rings is 1. The number of rotatable bonds is 3. The second-order valence-corrected chi connectivity index (χ2v) is 11.5. The Balaban J connectivity index is 1.28. The van der Waals surface area contributed by atoms with E-state index in [2.05, 4.69) is 28.1 Å². The summed E-state index contributed by atoms with van der Waals surface area (Å²) < 4.78 is 27.5. The zero-order chi connectivity index (χ0) is 23.3. The topological polar surface area (TPSA) is 99.1 Å². The Morgan fingerprint density at radius 3 is 2.55 bits per heavy atom. The summed E-state index contributed by atoms with van der Waals surface area (Å²) in [5, 5.41) is 0.468. The summed E-state index contributed by atoms with van der Waals surface area (Å²) in [5.41, 5.74) is 2.47. The number of amidine groups is 1. The molecular weight excluding hydrogens is 460 g/mol. The van der Waals surface area contributed by atoms with E-state index in [9.17, 15) is 13.2 Å². The van der Waals surface area contributed by atoms with Crippen molar-refractivity contribution in [3.05, 3.63) is 41.3 Å². The Morgan fingerprint density at radius 1 is 1.06 bits per heavy atom. The summed E-state index contributed by atoms with van der Waals surface area (Å²) in [6.45, 7) is 9.18. The minimum Gasteiger partial charge on any atom is -0.353 e. The second-order valence-electron chi connectivity index (χ2n) is 8.76. The molecule has 1 fully saturated rings. The molecule has 0 atom stereocenters. The van der Waals surface area contributed by atoms with Gasteiger partial charge < -0.3 is 14.7 Å². The van der Waals surface area contributed by atoms with Gasteiger partial charge in [0.2, 0.25) is 0 Å². The van der Waals surface area contributed by atoms with Crippen LogP contribution in [0.15, 0.2) is 33.6 Å². The van der Waals surface area contributed by atoms with Gasteiger partial charge in [-0.2, -0.15) is 0 Å². The van der Waals surface area contributed by atoms with Crippen LogP contribution in [0.5, 0.6) is 0 Å². The first-order chi connectivity index (χ1) is 15.7. The van der Waals surface area contributed by atoms with Gasteiger partial charge in [-0.25, -0.2) is 18.4 Å². The third-order valence-electron chi connectivity index (χ3n) is 5.98. The van der Waals surface area contributed by atoms with Gasteiger partial charge in [-0.05, 0) is 36.9 Å². The van der Waals surface area contributed by atoms with Crippen molar-refractivity contribution in [3.8, 4) is 0 Å².